The van der Waals surface area contributed by atoms with Gasteiger partial charge in [-0.2, -0.15) is 0 Å². The fraction of sp³-hybridized carbons (Fsp3) is 0.467. The number of nitrogen functional groups attached to an aromatic ring is 1. The molecule has 1 aliphatic rings. The van der Waals surface area contributed by atoms with Crippen molar-refractivity contribution in [1.82, 2.24) is 14.5 Å². The van der Waals surface area contributed by atoms with Crippen LogP contribution in [-0.4, -0.2) is 37.0 Å². The van der Waals surface area contributed by atoms with Crippen molar-refractivity contribution in [2.45, 2.75) is 82.6 Å². The van der Waals surface area contributed by atoms with Gasteiger partial charge in [-0.25, -0.2) is 23.5 Å². The first-order valence-electron chi connectivity index (χ1n) is 14.1. The Bertz CT molecular complexity index is 1620. The molecule has 0 radical (unpaired) electrons. The molecule has 208 valence electrons. The number of nitrogens with two attached hydrogens (primary N) is 2. The molecule has 2 heterocycles. The van der Waals surface area contributed by atoms with E-state index in [1.807, 2.05) is 49.3 Å². The Morgan fingerprint density at radius 3 is 2.51 bits per heavy atom. The Labute approximate surface area is 231 Å². The zero-order valence-corrected chi connectivity index (χ0v) is 24.1. The minimum atomic E-state index is -3.90. The number of hydrogen-bond donors (Lipinski definition) is 2. The number of sulfonamides is 1. The highest BCUT2D eigenvalue weighted by molar-refractivity contribution is 7.89. The van der Waals surface area contributed by atoms with Crippen molar-refractivity contribution >= 4 is 43.3 Å². The van der Waals surface area contributed by atoms with Gasteiger partial charge in [0.05, 0.1) is 10.4 Å². The monoisotopic (exact) mass is 548 g/mol. The number of nitrogens with zero attached hydrogens (tertiary/aromatic N) is 4. The van der Waals surface area contributed by atoms with E-state index in [2.05, 4.69) is 11.5 Å². The molecule has 5 rings (SSSR count). The van der Waals surface area contributed by atoms with Crippen LogP contribution in [0.15, 0.2) is 35.2 Å². The molecule has 0 saturated carbocycles. The lowest BCUT2D eigenvalue weighted by molar-refractivity contribution is 0.580. The molecule has 0 atom stereocenters. The van der Waals surface area contributed by atoms with Gasteiger partial charge in [0.15, 0.2) is 5.82 Å². The van der Waals surface area contributed by atoms with Gasteiger partial charge in [-0.15, -0.1) is 0 Å². The number of hydrogen-bond acceptors (Lipinski definition) is 6. The summed E-state index contributed by atoms with van der Waals surface area (Å²) in [6.45, 7) is 3.01. The van der Waals surface area contributed by atoms with E-state index < -0.39 is 10.0 Å². The number of benzene rings is 2. The van der Waals surface area contributed by atoms with E-state index in [1.165, 1.54) is 5.56 Å². The van der Waals surface area contributed by atoms with Gasteiger partial charge in [0, 0.05) is 49.2 Å². The third-order valence-electron chi connectivity index (χ3n) is 7.94. The molecule has 0 aliphatic heterocycles. The van der Waals surface area contributed by atoms with Crippen molar-refractivity contribution < 1.29 is 8.42 Å². The summed E-state index contributed by atoms with van der Waals surface area (Å²) in [5.41, 5.74) is 12.6. The summed E-state index contributed by atoms with van der Waals surface area (Å²) in [6, 6.07) is 9.67. The summed E-state index contributed by atoms with van der Waals surface area (Å²) < 4.78 is 27.9. The molecule has 2 aromatic carbocycles. The van der Waals surface area contributed by atoms with Gasteiger partial charge < -0.3 is 15.2 Å². The second kappa shape index (κ2) is 11.1. The van der Waals surface area contributed by atoms with Crippen molar-refractivity contribution in [3.05, 3.63) is 53.0 Å². The quantitative estimate of drug-likeness (QED) is 0.265. The van der Waals surface area contributed by atoms with E-state index in [0.717, 1.165) is 104 Å². The van der Waals surface area contributed by atoms with Gasteiger partial charge >= 0.3 is 0 Å². The number of primary sulfonamides is 1. The minimum Gasteiger partial charge on any atom is -0.382 e. The molecule has 2 aromatic heterocycles. The summed E-state index contributed by atoms with van der Waals surface area (Å²) in [6.07, 6.45) is 9.73. The Kier molecular flexibility index (Phi) is 7.82. The number of unbranched alkanes of at least 4 members (excludes halogenated alkanes) is 2. The van der Waals surface area contributed by atoms with Crippen LogP contribution in [0, 0.1) is 0 Å². The lowest BCUT2D eigenvalue weighted by Crippen LogP contribution is -2.16. The summed E-state index contributed by atoms with van der Waals surface area (Å²) in [4.78, 5) is 11.9. The largest absolute Gasteiger partial charge is 0.382 e. The van der Waals surface area contributed by atoms with Crippen molar-refractivity contribution in [3.8, 4) is 0 Å². The second-order valence-electron chi connectivity index (χ2n) is 10.9. The topological polar surface area (TPSA) is 120 Å². The maximum absolute atomic E-state index is 12.8. The zero-order chi connectivity index (χ0) is 27.7. The third kappa shape index (κ3) is 5.34. The Morgan fingerprint density at radius 2 is 1.77 bits per heavy atom. The van der Waals surface area contributed by atoms with Gasteiger partial charge in [-0.3, -0.25) is 0 Å². The number of aromatic nitrogens is 3. The Morgan fingerprint density at radius 1 is 0.974 bits per heavy atom. The number of rotatable bonds is 10. The van der Waals surface area contributed by atoms with Crippen LogP contribution in [0.2, 0.25) is 0 Å². The maximum atomic E-state index is 12.8. The first-order valence-corrected chi connectivity index (χ1v) is 15.7. The van der Waals surface area contributed by atoms with Crippen LogP contribution < -0.4 is 15.8 Å². The molecule has 0 amide bonds. The van der Waals surface area contributed by atoms with Crippen molar-refractivity contribution in [1.29, 1.82) is 0 Å². The predicted molar refractivity (Wildman–Crippen MR) is 160 cm³/mol. The molecular weight excluding hydrogens is 508 g/mol. The Hall–Kier alpha value is -3.17. The normalized spacial score (nSPS) is 13.7. The fourth-order valence-corrected chi connectivity index (χ4v) is 7.10. The average molecular weight is 549 g/mol. The number of aryl methyl sites for hydroxylation is 5. The predicted octanol–water partition coefficient (Wildman–Crippen LogP) is 5.12. The highest BCUT2D eigenvalue weighted by Crippen LogP contribution is 2.34. The van der Waals surface area contributed by atoms with E-state index in [4.69, 9.17) is 20.8 Å². The van der Waals surface area contributed by atoms with Crippen LogP contribution in [0.1, 0.15) is 68.1 Å². The number of pyridine rings is 1. The molecule has 0 spiro atoms. The van der Waals surface area contributed by atoms with E-state index in [9.17, 15) is 8.42 Å². The van der Waals surface area contributed by atoms with Crippen molar-refractivity contribution in [3.63, 3.8) is 0 Å². The number of imidazole rings is 1. The molecule has 4 aromatic rings. The summed E-state index contributed by atoms with van der Waals surface area (Å²) >= 11 is 0. The van der Waals surface area contributed by atoms with Gasteiger partial charge in [0.1, 0.15) is 11.3 Å². The van der Waals surface area contributed by atoms with Gasteiger partial charge in [-0.1, -0.05) is 37.6 Å². The molecule has 0 bridgehead atoms. The number of fused-ring (bicyclic) bond motifs is 4. The maximum Gasteiger partial charge on any atom is 0.238 e. The molecule has 0 fully saturated rings. The van der Waals surface area contributed by atoms with Crippen LogP contribution >= 0.6 is 0 Å². The van der Waals surface area contributed by atoms with Crippen LogP contribution in [0.3, 0.4) is 0 Å². The van der Waals surface area contributed by atoms with E-state index in [1.54, 1.807) is 0 Å². The SMILES string of the molecule is CCCCc1nc2c(N)nc3c(c2n1CCCCc1ccc2c(N(C)C)cccc2c1S(N)(=O)=O)CCCC3. The first kappa shape index (κ1) is 27.4. The van der Waals surface area contributed by atoms with Crippen LogP contribution in [0.25, 0.3) is 21.8 Å². The molecule has 1 aliphatic carbocycles. The average Bonchev–Trinajstić information content (AvgIpc) is 3.27. The van der Waals surface area contributed by atoms with Gasteiger partial charge in [-0.05, 0) is 68.6 Å². The molecule has 0 saturated heterocycles. The second-order valence-corrected chi connectivity index (χ2v) is 12.4. The molecule has 4 N–H and O–H groups in total. The molecule has 8 nitrogen and oxygen atoms in total. The molecule has 9 heteroatoms. The van der Waals surface area contributed by atoms with Gasteiger partial charge in [0.2, 0.25) is 10.0 Å². The smallest absolute Gasteiger partial charge is 0.238 e. The molecular formula is C30H40N6O2S. The lowest BCUT2D eigenvalue weighted by atomic mass is 9.95. The highest BCUT2D eigenvalue weighted by atomic mass is 32.2. The standard InChI is InChI=1S/C30H40N6O2S/c1-4-5-16-26-34-27-28(23-12-6-7-14-24(23)33-30(27)31)36(26)19-9-8-11-20-17-18-21-22(29(20)39(32,37)38)13-10-15-25(21)35(2)3/h10,13,15,17-18H,4-9,11-12,14,16,19H2,1-3H3,(H2,31,33)(H2,32,37,38). The van der Waals surface area contributed by atoms with Crippen LogP contribution in [0.4, 0.5) is 11.5 Å². The van der Waals surface area contributed by atoms with Crippen molar-refractivity contribution in [2.24, 2.45) is 5.14 Å². The fourth-order valence-electron chi connectivity index (χ4n) is 6.08. The van der Waals surface area contributed by atoms with E-state index in [-0.39, 0.29) is 4.90 Å². The van der Waals surface area contributed by atoms with Gasteiger partial charge in [0.25, 0.3) is 0 Å². The summed E-state index contributed by atoms with van der Waals surface area (Å²) in [7, 11) is 0.00782. The lowest BCUT2D eigenvalue weighted by Gasteiger charge is -2.19. The van der Waals surface area contributed by atoms with Crippen LogP contribution in [0.5, 0.6) is 0 Å². The highest BCUT2D eigenvalue weighted by Gasteiger charge is 2.23. The first-order chi connectivity index (χ1) is 18.7. The molecule has 39 heavy (non-hydrogen) atoms. The van der Waals surface area contributed by atoms with Crippen molar-refractivity contribution in [2.75, 3.05) is 24.7 Å². The van der Waals surface area contributed by atoms with Crippen LogP contribution in [-0.2, 0) is 42.3 Å². The van der Waals surface area contributed by atoms with E-state index in [0.29, 0.717) is 17.6 Å². The minimum absolute atomic E-state index is 0.244. The summed E-state index contributed by atoms with van der Waals surface area (Å²) in [5.74, 6) is 1.61. The Balaban J connectivity index is 1.44. The molecule has 0 unspecified atom stereocenters. The summed E-state index contributed by atoms with van der Waals surface area (Å²) in [5, 5.41) is 7.33. The third-order valence-corrected chi connectivity index (χ3v) is 8.99. The number of anilines is 2. The van der Waals surface area contributed by atoms with E-state index >= 15 is 0 Å². The zero-order valence-electron chi connectivity index (χ0n) is 23.3.